The van der Waals surface area contributed by atoms with E-state index in [0.717, 1.165) is 37.7 Å². The van der Waals surface area contributed by atoms with Gasteiger partial charge in [0.2, 0.25) is 0 Å². The van der Waals surface area contributed by atoms with Gasteiger partial charge in [0.15, 0.2) is 11.5 Å². The van der Waals surface area contributed by atoms with E-state index in [-0.39, 0.29) is 12.2 Å². The number of hydrogen-bond donors (Lipinski definition) is 1. The molecule has 2 fully saturated rings. The second-order valence-corrected chi connectivity index (χ2v) is 7.24. The zero-order valence-corrected chi connectivity index (χ0v) is 15.1. The van der Waals surface area contributed by atoms with Crippen LogP contribution in [0.25, 0.3) is 0 Å². The normalized spacial score (nSPS) is 23.6. The molecule has 2 aliphatic rings. The lowest BCUT2D eigenvalue weighted by molar-refractivity contribution is -0.0431. The maximum atomic E-state index is 6.24. The Morgan fingerprint density at radius 3 is 2.56 bits per heavy atom. The lowest BCUT2D eigenvalue weighted by Crippen LogP contribution is -2.60. The van der Waals surface area contributed by atoms with Crippen molar-refractivity contribution in [2.45, 2.75) is 31.7 Å². The maximum Gasteiger partial charge on any atom is 0.163 e. The third-order valence-corrected chi connectivity index (χ3v) is 5.21. The number of hydrogen-bond acceptors (Lipinski definition) is 4. The van der Waals surface area contributed by atoms with Gasteiger partial charge in [-0.3, -0.25) is 4.90 Å². The van der Waals surface area contributed by atoms with Crippen LogP contribution in [0, 0.1) is 0 Å². The summed E-state index contributed by atoms with van der Waals surface area (Å²) in [5.74, 6) is 1.53. The zero-order valence-electron chi connectivity index (χ0n) is 14.3. The summed E-state index contributed by atoms with van der Waals surface area (Å²) in [6, 6.07) is 16.5. The zero-order chi connectivity index (χ0) is 17.2. The Labute approximate surface area is 153 Å². The van der Waals surface area contributed by atoms with E-state index < -0.39 is 0 Å². The van der Waals surface area contributed by atoms with E-state index in [1.807, 2.05) is 18.2 Å². The summed E-state index contributed by atoms with van der Waals surface area (Å²) < 4.78 is 12.2. The Kier molecular flexibility index (Phi) is 4.84. The van der Waals surface area contributed by atoms with Gasteiger partial charge in [-0.1, -0.05) is 41.9 Å². The number of halogens is 1. The highest BCUT2D eigenvalue weighted by atomic mass is 35.5. The first-order chi connectivity index (χ1) is 12.2. The van der Waals surface area contributed by atoms with Gasteiger partial charge in [-0.2, -0.15) is 0 Å². The van der Waals surface area contributed by atoms with Gasteiger partial charge in [-0.25, -0.2) is 0 Å². The second kappa shape index (κ2) is 7.24. The van der Waals surface area contributed by atoms with Gasteiger partial charge in [0, 0.05) is 43.3 Å². The second-order valence-electron chi connectivity index (χ2n) is 6.80. The molecule has 4 nitrogen and oxygen atoms in total. The molecule has 132 valence electrons. The molecule has 1 N–H and O–H groups in total. The van der Waals surface area contributed by atoms with E-state index in [2.05, 4.69) is 47.5 Å². The quantitative estimate of drug-likeness (QED) is 0.858. The summed E-state index contributed by atoms with van der Waals surface area (Å²) in [5.41, 5.74) is 1.33. The monoisotopic (exact) mass is 358 g/mol. The number of ether oxygens (including phenoxy) is 2. The van der Waals surface area contributed by atoms with Crippen molar-refractivity contribution in [3.05, 3.63) is 59.1 Å². The Hall–Kier alpha value is -1.75. The highest BCUT2D eigenvalue weighted by Gasteiger charge is 2.37. The Bertz CT molecular complexity index is 721. The molecule has 2 aromatic carbocycles. The minimum Gasteiger partial charge on any atom is -0.484 e. The molecule has 0 bridgehead atoms. The SMILES string of the molecule is C[C@@H]1[C@@H](Oc2ccc(Cl)cc2OC2CNC2)CN1Cc1ccccc1. The van der Waals surface area contributed by atoms with Gasteiger partial charge in [-0.15, -0.1) is 0 Å². The molecule has 4 rings (SSSR count). The third kappa shape index (κ3) is 3.76. The lowest BCUT2D eigenvalue weighted by Gasteiger charge is -2.46. The van der Waals surface area contributed by atoms with Crippen LogP contribution in [0.5, 0.6) is 11.5 Å². The predicted octanol–water partition coefficient (Wildman–Crippen LogP) is 3.34. The van der Waals surface area contributed by atoms with Gasteiger partial charge in [0.05, 0.1) is 0 Å². The van der Waals surface area contributed by atoms with Gasteiger partial charge < -0.3 is 14.8 Å². The van der Waals surface area contributed by atoms with E-state index in [1.54, 1.807) is 0 Å². The molecule has 0 amide bonds. The molecule has 2 heterocycles. The Morgan fingerprint density at radius 1 is 1.08 bits per heavy atom. The predicted molar refractivity (Wildman–Crippen MR) is 99.5 cm³/mol. The number of nitrogens with zero attached hydrogens (tertiary/aromatic N) is 1. The van der Waals surface area contributed by atoms with E-state index in [9.17, 15) is 0 Å². The van der Waals surface area contributed by atoms with Crippen molar-refractivity contribution in [1.29, 1.82) is 0 Å². The van der Waals surface area contributed by atoms with Crippen molar-refractivity contribution in [3.63, 3.8) is 0 Å². The molecule has 0 aliphatic carbocycles. The largest absolute Gasteiger partial charge is 0.484 e. The molecule has 0 aromatic heterocycles. The molecule has 2 aromatic rings. The van der Waals surface area contributed by atoms with E-state index in [1.165, 1.54) is 5.56 Å². The van der Waals surface area contributed by atoms with E-state index in [4.69, 9.17) is 21.1 Å². The first kappa shape index (κ1) is 16.7. The molecule has 0 unspecified atom stereocenters. The first-order valence-electron chi connectivity index (χ1n) is 8.80. The molecule has 2 atom stereocenters. The Balaban J connectivity index is 1.38. The first-order valence-corrected chi connectivity index (χ1v) is 9.18. The smallest absolute Gasteiger partial charge is 0.163 e. The number of likely N-dealkylation sites (tertiary alicyclic amines) is 1. The molecule has 25 heavy (non-hydrogen) atoms. The molecule has 0 saturated carbocycles. The summed E-state index contributed by atoms with van der Waals surface area (Å²) in [4.78, 5) is 2.42. The fraction of sp³-hybridized carbons (Fsp3) is 0.400. The van der Waals surface area contributed by atoms with Crippen LogP contribution in [-0.2, 0) is 6.54 Å². The molecule has 0 radical (unpaired) electrons. The van der Waals surface area contributed by atoms with Crippen LogP contribution >= 0.6 is 11.6 Å². The summed E-state index contributed by atoms with van der Waals surface area (Å²) >= 11 is 6.13. The lowest BCUT2D eigenvalue weighted by atomic mass is 9.99. The average molecular weight is 359 g/mol. The fourth-order valence-corrected chi connectivity index (χ4v) is 3.33. The van der Waals surface area contributed by atoms with E-state index in [0.29, 0.717) is 11.1 Å². The van der Waals surface area contributed by atoms with Crippen LogP contribution in [0.1, 0.15) is 12.5 Å². The van der Waals surface area contributed by atoms with Crippen LogP contribution < -0.4 is 14.8 Å². The van der Waals surface area contributed by atoms with Crippen LogP contribution in [0.4, 0.5) is 0 Å². The van der Waals surface area contributed by atoms with Crippen molar-refractivity contribution in [3.8, 4) is 11.5 Å². The van der Waals surface area contributed by atoms with Crippen molar-refractivity contribution >= 4 is 11.6 Å². The highest BCUT2D eigenvalue weighted by Crippen LogP contribution is 2.35. The minimum absolute atomic E-state index is 0.173. The summed E-state index contributed by atoms with van der Waals surface area (Å²) in [6.45, 7) is 5.83. The molecule has 2 aliphatic heterocycles. The van der Waals surface area contributed by atoms with Gasteiger partial charge in [0.25, 0.3) is 0 Å². The van der Waals surface area contributed by atoms with Crippen molar-refractivity contribution < 1.29 is 9.47 Å². The highest BCUT2D eigenvalue weighted by molar-refractivity contribution is 6.30. The topological polar surface area (TPSA) is 33.7 Å². The molecular weight excluding hydrogens is 336 g/mol. The number of rotatable bonds is 6. The van der Waals surface area contributed by atoms with Crippen LogP contribution in [-0.4, -0.2) is 42.8 Å². The Morgan fingerprint density at radius 2 is 1.88 bits per heavy atom. The minimum atomic E-state index is 0.173. The van der Waals surface area contributed by atoms with Gasteiger partial charge in [-0.05, 0) is 24.6 Å². The van der Waals surface area contributed by atoms with Crippen molar-refractivity contribution in [2.24, 2.45) is 0 Å². The van der Waals surface area contributed by atoms with Crippen molar-refractivity contribution in [1.82, 2.24) is 10.2 Å². The summed E-state index contributed by atoms with van der Waals surface area (Å²) in [5, 5.41) is 3.88. The third-order valence-electron chi connectivity index (χ3n) is 4.98. The molecule has 5 heteroatoms. The maximum absolute atomic E-state index is 6.24. The van der Waals surface area contributed by atoms with Crippen molar-refractivity contribution in [2.75, 3.05) is 19.6 Å². The molecular formula is C20H23ClN2O2. The van der Waals surface area contributed by atoms with E-state index >= 15 is 0 Å². The number of benzene rings is 2. The van der Waals surface area contributed by atoms with Crippen LogP contribution in [0.15, 0.2) is 48.5 Å². The summed E-state index contributed by atoms with van der Waals surface area (Å²) in [6.07, 6.45) is 0.376. The number of nitrogens with one attached hydrogen (secondary N) is 1. The van der Waals surface area contributed by atoms with Crippen LogP contribution in [0.3, 0.4) is 0 Å². The standard InChI is InChI=1S/C20H23ClN2O2/c1-14-20(13-23(14)12-15-5-3-2-4-6-15)25-18-8-7-16(21)9-19(18)24-17-10-22-11-17/h2-9,14,17,20,22H,10-13H2,1H3/t14-,20+/m1/s1. The molecule has 2 saturated heterocycles. The van der Waals surface area contributed by atoms with Gasteiger partial charge >= 0.3 is 0 Å². The molecule has 0 spiro atoms. The average Bonchev–Trinajstić information content (AvgIpc) is 2.59. The van der Waals surface area contributed by atoms with Gasteiger partial charge in [0.1, 0.15) is 12.2 Å². The van der Waals surface area contributed by atoms with Crippen LogP contribution in [0.2, 0.25) is 5.02 Å². The fourth-order valence-electron chi connectivity index (χ4n) is 3.17. The summed E-state index contributed by atoms with van der Waals surface area (Å²) in [7, 11) is 0.